The molecule has 1 aliphatic carbocycles. The van der Waals surface area contributed by atoms with Crippen molar-refractivity contribution < 1.29 is 14.2 Å². The fraction of sp³-hybridized carbons (Fsp3) is 0.562. The first-order valence-electron chi connectivity index (χ1n) is 7.43. The third-order valence-electron chi connectivity index (χ3n) is 5.64. The maximum atomic E-state index is 6.47. The summed E-state index contributed by atoms with van der Waals surface area (Å²) in [7, 11) is 0. The van der Waals surface area contributed by atoms with Crippen LogP contribution in [0.5, 0.6) is 5.75 Å². The molecule has 3 heterocycles. The Morgan fingerprint density at radius 2 is 2.10 bits per heavy atom. The number of fused-ring (bicyclic) bond motifs is 4. The first-order valence-corrected chi connectivity index (χ1v) is 8.23. The number of benzene rings is 1. The van der Waals surface area contributed by atoms with E-state index in [1.54, 1.807) is 0 Å². The van der Waals surface area contributed by atoms with Crippen LogP contribution in [0.4, 0.5) is 0 Å². The van der Waals surface area contributed by atoms with Gasteiger partial charge >= 0.3 is 0 Å². The van der Waals surface area contributed by atoms with Crippen molar-refractivity contribution in [3.8, 4) is 5.75 Å². The Hall–Kier alpha value is -1.07. The molecule has 0 amide bonds. The lowest BCUT2D eigenvalue weighted by Crippen LogP contribution is -2.78. The van der Waals surface area contributed by atoms with Gasteiger partial charge in [0, 0.05) is 16.5 Å². The lowest BCUT2D eigenvalue weighted by Gasteiger charge is -2.66. The third-order valence-corrected chi connectivity index (χ3v) is 6.14. The highest BCUT2D eigenvalue weighted by Crippen LogP contribution is 2.65. The van der Waals surface area contributed by atoms with E-state index in [9.17, 15) is 0 Å². The molecular weight excluding hydrogens is 334 g/mol. The molecule has 1 aromatic rings. The van der Waals surface area contributed by atoms with Crippen molar-refractivity contribution in [1.29, 1.82) is 0 Å². The van der Waals surface area contributed by atoms with Gasteiger partial charge in [-0.3, -0.25) is 0 Å². The smallest absolute Gasteiger partial charge is 0.274 e. The lowest BCUT2D eigenvalue weighted by atomic mass is 9.54. The molecule has 0 aromatic heterocycles. The van der Waals surface area contributed by atoms with E-state index < -0.39 is 11.1 Å². The van der Waals surface area contributed by atoms with E-state index in [4.69, 9.17) is 14.2 Å². The van der Waals surface area contributed by atoms with Gasteiger partial charge in [-0.1, -0.05) is 15.9 Å². The molecule has 5 rings (SSSR count). The highest BCUT2D eigenvalue weighted by molar-refractivity contribution is 9.10. The average molecular weight is 349 g/mol. The molecule has 3 aliphatic heterocycles. The number of halogens is 1. The summed E-state index contributed by atoms with van der Waals surface area (Å²) in [6, 6.07) is 6.13. The van der Waals surface area contributed by atoms with Gasteiger partial charge in [0.2, 0.25) is 0 Å². The standard InChI is InChI=1S/C16H15BrNO3/c17-11-2-3-13-12(8-11)15(9-19-10-18-15)16(6-7-20-16)14(21-13)4-1-5-14/h2-3,8H,1,4-7,9H2. The number of hydrogen-bond donors (Lipinski definition) is 0. The highest BCUT2D eigenvalue weighted by atomic mass is 79.9. The van der Waals surface area contributed by atoms with Gasteiger partial charge in [-0.05, 0) is 37.5 Å². The topological polar surface area (TPSA) is 40.0 Å². The van der Waals surface area contributed by atoms with E-state index in [2.05, 4.69) is 33.4 Å². The largest absolute Gasteiger partial charge is 0.484 e. The van der Waals surface area contributed by atoms with Gasteiger partial charge in [0.1, 0.15) is 23.6 Å². The minimum absolute atomic E-state index is 0.245. The summed E-state index contributed by atoms with van der Waals surface area (Å²) in [6.07, 6.45) is 6.93. The average Bonchev–Trinajstić information content (AvgIpc) is 2.86. The van der Waals surface area contributed by atoms with Crippen molar-refractivity contribution in [2.45, 2.75) is 42.4 Å². The molecule has 5 heteroatoms. The van der Waals surface area contributed by atoms with E-state index in [-0.39, 0.29) is 5.60 Å². The Morgan fingerprint density at radius 3 is 2.67 bits per heavy atom. The van der Waals surface area contributed by atoms with Crippen LogP contribution in [0.2, 0.25) is 0 Å². The predicted molar refractivity (Wildman–Crippen MR) is 79.7 cm³/mol. The maximum absolute atomic E-state index is 6.47. The molecule has 1 saturated heterocycles. The van der Waals surface area contributed by atoms with Crippen molar-refractivity contribution in [3.05, 3.63) is 28.2 Å². The Morgan fingerprint density at radius 1 is 1.24 bits per heavy atom. The second kappa shape index (κ2) is 3.82. The van der Waals surface area contributed by atoms with Crippen LogP contribution in [0.3, 0.4) is 0 Å². The number of aliphatic imine (C=N–C) groups is 1. The van der Waals surface area contributed by atoms with Gasteiger partial charge in [0.15, 0.2) is 5.54 Å². The fourth-order valence-corrected chi connectivity index (χ4v) is 4.78. The number of ether oxygens (including phenoxy) is 3. The highest BCUT2D eigenvalue weighted by Gasteiger charge is 2.75. The second-order valence-electron chi connectivity index (χ2n) is 6.37. The molecular formula is C16H15BrNO3. The number of rotatable bonds is 0. The van der Waals surface area contributed by atoms with E-state index in [0.717, 1.165) is 41.7 Å². The monoisotopic (exact) mass is 348 g/mol. The zero-order valence-electron chi connectivity index (χ0n) is 11.5. The molecule has 4 nitrogen and oxygen atoms in total. The Kier molecular flexibility index (Phi) is 2.27. The van der Waals surface area contributed by atoms with Crippen molar-refractivity contribution in [2.75, 3.05) is 13.2 Å². The van der Waals surface area contributed by atoms with Crippen molar-refractivity contribution in [2.24, 2.45) is 4.99 Å². The van der Waals surface area contributed by atoms with E-state index in [0.29, 0.717) is 6.61 Å². The maximum Gasteiger partial charge on any atom is 0.274 e. The van der Waals surface area contributed by atoms with Crippen LogP contribution < -0.4 is 4.74 Å². The van der Waals surface area contributed by atoms with E-state index >= 15 is 0 Å². The number of nitrogens with zero attached hydrogens (tertiary/aromatic N) is 1. The van der Waals surface area contributed by atoms with Gasteiger partial charge in [-0.2, -0.15) is 0 Å². The molecule has 2 unspecified atom stereocenters. The Labute approximate surface area is 131 Å². The minimum Gasteiger partial charge on any atom is -0.484 e. The molecule has 21 heavy (non-hydrogen) atoms. The summed E-state index contributed by atoms with van der Waals surface area (Å²) >= 11 is 3.56. The summed E-state index contributed by atoms with van der Waals surface area (Å²) in [4.78, 5) is 4.66. The molecule has 1 aromatic carbocycles. The Bertz CT molecular complexity index is 651. The van der Waals surface area contributed by atoms with Crippen LogP contribution in [0.15, 0.2) is 27.7 Å². The predicted octanol–water partition coefficient (Wildman–Crippen LogP) is 3.05. The summed E-state index contributed by atoms with van der Waals surface area (Å²) in [5.41, 5.74) is -0.0945. The van der Waals surface area contributed by atoms with Crippen molar-refractivity contribution >= 4 is 22.3 Å². The molecule has 2 fully saturated rings. The summed E-state index contributed by atoms with van der Waals surface area (Å²) in [6.45, 7) is 1.26. The zero-order valence-corrected chi connectivity index (χ0v) is 13.1. The van der Waals surface area contributed by atoms with Crippen LogP contribution >= 0.6 is 15.9 Å². The van der Waals surface area contributed by atoms with Crippen molar-refractivity contribution in [1.82, 2.24) is 0 Å². The molecule has 0 bridgehead atoms. The molecule has 3 spiro atoms. The molecule has 109 valence electrons. The minimum atomic E-state index is -0.511. The third kappa shape index (κ3) is 1.25. The molecule has 1 radical (unpaired) electrons. The first-order chi connectivity index (χ1) is 10.2. The zero-order chi connectivity index (χ0) is 14.1. The normalized spacial score (nSPS) is 37.8. The lowest BCUT2D eigenvalue weighted by molar-refractivity contribution is -0.307. The van der Waals surface area contributed by atoms with Gasteiger partial charge in [-0.15, -0.1) is 0 Å². The van der Waals surface area contributed by atoms with Crippen LogP contribution in [-0.2, 0) is 15.0 Å². The Balaban J connectivity index is 1.79. The fourth-order valence-electron chi connectivity index (χ4n) is 4.42. The van der Waals surface area contributed by atoms with Crippen molar-refractivity contribution in [3.63, 3.8) is 0 Å². The van der Waals surface area contributed by atoms with Gasteiger partial charge in [0.25, 0.3) is 6.40 Å². The molecule has 4 aliphatic rings. The molecule has 2 atom stereocenters. The van der Waals surface area contributed by atoms with Crippen LogP contribution in [0.1, 0.15) is 31.2 Å². The van der Waals surface area contributed by atoms with Gasteiger partial charge in [0.05, 0.1) is 6.61 Å². The summed E-state index contributed by atoms with van der Waals surface area (Å²) in [5, 5.41) is 0. The van der Waals surface area contributed by atoms with Gasteiger partial charge < -0.3 is 14.2 Å². The number of hydrogen-bond acceptors (Lipinski definition) is 4. The summed E-state index contributed by atoms with van der Waals surface area (Å²) < 4.78 is 19.1. The first kappa shape index (κ1) is 12.5. The van der Waals surface area contributed by atoms with E-state index in [1.165, 1.54) is 6.42 Å². The van der Waals surface area contributed by atoms with Gasteiger partial charge in [-0.25, -0.2) is 4.99 Å². The van der Waals surface area contributed by atoms with Crippen LogP contribution in [0, 0.1) is 0 Å². The van der Waals surface area contributed by atoms with Crippen LogP contribution in [-0.4, -0.2) is 30.8 Å². The van der Waals surface area contributed by atoms with E-state index in [1.807, 2.05) is 12.1 Å². The summed E-state index contributed by atoms with van der Waals surface area (Å²) in [5.74, 6) is 0.912. The SMILES string of the molecule is Brc1ccc2c(c1)C1(CO[C]=N1)C1(CCO1)C1(CCC1)O2. The molecule has 0 N–H and O–H groups in total. The van der Waals surface area contributed by atoms with Crippen LogP contribution in [0.25, 0.3) is 0 Å². The second-order valence-corrected chi connectivity index (χ2v) is 7.28. The quantitative estimate of drug-likeness (QED) is 0.723. The molecule has 1 saturated carbocycles.